The summed E-state index contributed by atoms with van der Waals surface area (Å²) in [4.78, 5) is 0. The standard InChI is InChI=1S/C8H10BNO2S/c11-9-7-4-2-1-3-6(7)8(12-9)5-10-13/h1-4,8,10-11,13H,5H2/t8-/m0/s1. The average molecular weight is 195 g/mol. The Hall–Kier alpha value is -0.485. The molecule has 2 N–H and O–H groups in total. The van der Waals surface area contributed by atoms with Gasteiger partial charge in [0, 0.05) is 6.54 Å². The average Bonchev–Trinajstić information content (AvgIpc) is 2.46. The Kier molecular flexibility index (Phi) is 2.60. The molecule has 1 heterocycles. The smallest absolute Gasteiger partial charge is 0.423 e. The van der Waals surface area contributed by atoms with Crippen LogP contribution in [0.5, 0.6) is 0 Å². The van der Waals surface area contributed by atoms with Gasteiger partial charge in [0.15, 0.2) is 0 Å². The maximum absolute atomic E-state index is 9.50. The zero-order valence-electron chi connectivity index (χ0n) is 6.97. The summed E-state index contributed by atoms with van der Waals surface area (Å²) in [5, 5.41) is 9.50. The van der Waals surface area contributed by atoms with E-state index in [1.807, 2.05) is 24.3 Å². The summed E-state index contributed by atoms with van der Waals surface area (Å²) >= 11 is 3.91. The first kappa shape index (κ1) is 9.08. The fraction of sp³-hybridized carbons (Fsp3) is 0.250. The molecular weight excluding hydrogens is 185 g/mol. The normalized spacial score (nSPS) is 20.5. The molecule has 0 saturated carbocycles. The van der Waals surface area contributed by atoms with Crippen molar-refractivity contribution < 1.29 is 9.68 Å². The fourth-order valence-electron chi connectivity index (χ4n) is 1.57. The van der Waals surface area contributed by atoms with Gasteiger partial charge in [-0.25, -0.2) is 0 Å². The van der Waals surface area contributed by atoms with E-state index in [0.29, 0.717) is 6.54 Å². The number of hydrogen-bond donors (Lipinski definition) is 3. The van der Waals surface area contributed by atoms with Crippen molar-refractivity contribution in [1.82, 2.24) is 4.72 Å². The molecule has 0 aliphatic carbocycles. The van der Waals surface area contributed by atoms with Crippen LogP contribution in [-0.4, -0.2) is 18.7 Å². The SMILES string of the molecule is OB1O[C@@H](CNS)c2ccccc21. The van der Waals surface area contributed by atoms with Gasteiger partial charge < -0.3 is 9.68 Å². The van der Waals surface area contributed by atoms with Gasteiger partial charge in [-0.05, 0) is 11.0 Å². The summed E-state index contributed by atoms with van der Waals surface area (Å²) < 4.78 is 8.05. The predicted octanol–water partition coefficient (Wildman–Crippen LogP) is -0.120. The summed E-state index contributed by atoms with van der Waals surface area (Å²) in [6, 6.07) is 7.66. The van der Waals surface area contributed by atoms with Crippen LogP contribution < -0.4 is 10.2 Å². The van der Waals surface area contributed by atoms with Gasteiger partial charge in [-0.15, -0.1) is 0 Å². The van der Waals surface area contributed by atoms with Crippen LogP contribution >= 0.6 is 12.8 Å². The maximum atomic E-state index is 9.50. The molecule has 1 aliphatic rings. The molecule has 0 unspecified atom stereocenters. The van der Waals surface area contributed by atoms with Gasteiger partial charge in [0.2, 0.25) is 0 Å². The van der Waals surface area contributed by atoms with Gasteiger partial charge in [-0.1, -0.05) is 37.1 Å². The molecule has 1 atom stereocenters. The number of thiol groups is 1. The minimum absolute atomic E-state index is 0.0938. The van der Waals surface area contributed by atoms with Crippen LogP contribution in [0.4, 0.5) is 0 Å². The van der Waals surface area contributed by atoms with Crippen molar-refractivity contribution in [3.05, 3.63) is 29.8 Å². The summed E-state index contributed by atoms with van der Waals surface area (Å²) in [6.07, 6.45) is -0.0938. The lowest BCUT2D eigenvalue weighted by molar-refractivity contribution is 0.195. The lowest BCUT2D eigenvalue weighted by Crippen LogP contribution is -2.27. The monoisotopic (exact) mass is 195 g/mol. The molecule has 0 amide bonds. The molecule has 0 bridgehead atoms. The van der Waals surface area contributed by atoms with Crippen molar-refractivity contribution in [2.45, 2.75) is 6.10 Å². The van der Waals surface area contributed by atoms with Crippen molar-refractivity contribution in [2.75, 3.05) is 6.54 Å². The van der Waals surface area contributed by atoms with Gasteiger partial charge in [-0.2, -0.15) is 0 Å². The Labute approximate surface area is 82.8 Å². The van der Waals surface area contributed by atoms with E-state index in [-0.39, 0.29) is 6.10 Å². The summed E-state index contributed by atoms with van der Waals surface area (Å²) in [7, 11) is -0.789. The molecule has 13 heavy (non-hydrogen) atoms. The molecular formula is C8H10BNO2S. The molecule has 1 aromatic rings. The number of nitrogens with one attached hydrogen (secondary N) is 1. The van der Waals surface area contributed by atoms with Gasteiger partial charge in [0.1, 0.15) is 0 Å². The van der Waals surface area contributed by atoms with Gasteiger partial charge >= 0.3 is 7.12 Å². The minimum Gasteiger partial charge on any atom is -0.423 e. The molecule has 1 aromatic carbocycles. The second kappa shape index (κ2) is 3.71. The first-order chi connectivity index (χ1) is 6.33. The molecule has 0 spiro atoms. The highest BCUT2D eigenvalue weighted by atomic mass is 32.1. The van der Waals surface area contributed by atoms with Crippen molar-refractivity contribution in [1.29, 1.82) is 0 Å². The Morgan fingerprint density at radius 1 is 1.54 bits per heavy atom. The molecule has 5 heteroatoms. The molecule has 0 fully saturated rings. The fourth-order valence-corrected chi connectivity index (χ4v) is 1.74. The van der Waals surface area contributed by atoms with Gasteiger partial charge in [-0.3, -0.25) is 4.72 Å². The summed E-state index contributed by atoms with van der Waals surface area (Å²) in [6.45, 7) is 0.594. The van der Waals surface area contributed by atoms with Crippen molar-refractivity contribution in [3.8, 4) is 0 Å². The van der Waals surface area contributed by atoms with E-state index >= 15 is 0 Å². The highest BCUT2D eigenvalue weighted by Crippen LogP contribution is 2.22. The van der Waals surface area contributed by atoms with Crippen LogP contribution in [0.1, 0.15) is 11.7 Å². The predicted molar refractivity (Wildman–Crippen MR) is 54.9 cm³/mol. The third-order valence-corrected chi connectivity index (χ3v) is 2.36. The number of benzene rings is 1. The van der Waals surface area contributed by atoms with Crippen LogP contribution in [0, 0.1) is 0 Å². The topological polar surface area (TPSA) is 41.5 Å². The van der Waals surface area contributed by atoms with Crippen molar-refractivity contribution in [2.24, 2.45) is 0 Å². The highest BCUT2D eigenvalue weighted by molar-refractivity contribution is 7.78. The highest BCUT2D eigenvalue weighted by Gasteiger charge is 2.33. The van der Waals surface area contributed by atoms with Crippen LogP contribution in [0.15, 0.2) is 24.3 Å². The second-order valence-corrected chi connectivity index (χ2v) is 3.28. The van der Waals surface area contributed by atoms with Crippen LogP contribution in [0.2, 0.25) is 0 Å². The number of rotatable bonds is 2. The lowest BCUT2D eigenvalue weighted by Gasteiger charge is -2.09. The Morgan fingerprint density at radius 2 is 2.31 bits per heavy atom. The van der Waals surface area contributed by atoms with Crippen LogP contribution in [0.25, 0.3) is 0 Å². The van der Waals surface area contributed by atoms with E-state index < -0.39 is 7.12 Å². The molecule has 0 saturated heterocycles. The van der Waals surface area contributed by atoms with E-state index in [0.717, 1.165) is 11.0 Å². The van der Waals surface area contributed by atoms with E-state index in [2.05, 4.69) is 17.5 Å². The third kappa shape index (κ3) is 1.60. The summed E-state index contributed by atoms with van der Waals surface area (Å²) in [5.41, 5.74) is 1.90. The van der Waals surface area contributed by atoms with E-state index in [1.54, 1.807) is 0 Å². The zero-order chi connectivity index (χ0) is 9.26. The van der Waals surface area contributed by atoms with E-state index in [9.17, 15) is 5.02 Å². The van der Waals surface area contributed by atoms with Crippen LogP contribution in [0.3, 0.4) is 0 Å². The quantitative estimate of drug-likeness (QED) is 0.455. The second-order valence-electron chi connectivity index (χ2n) is 2.97. The molecule has 68 valence electrons. The molecule has 3 nitrogen and oxygen atoms in total. The first-order valence-electron chi connectivity index (χ1n) is 4.12. The van der Waals surface area contributed by atoms with Crippen LogP contribution in [-0.2, 0) is 4.65 Å². The van der Waals surface area contributed by atoms with Crippen molar-refractivity contribution >= 4 is 25.4 Å². The van der Waals surface area contributed by atoms with Crippen molar-refractivity contribution in [3.63, 3.8) is 0 Å². The zero-order valence-corrected chi connectivity index (χ0v) is 7.87. The summed E-state index contributed by atoms with van der Waals surface area (Å²) in [5.74, 6) is 0. The Balaban J connectivity index is 2.30. The Bertz CT molecular complexity index is 310. The number of hydrogen-bond acceptors (Lipinski definition) is 4. The first-order valence-corrected chi connectivity index (χ1v) is 4.57. The molecule has 0 aromatic heterocycles. The molecule has 2 rings (SSSR count). The third-order valence-electron chi connectivity index (χ3n) is 2.18. The minimum atomic E-state index is -0.789. The Morgan fingerprint density at radius 3 is 3.08 bits per heavy atom. The largest absolute Gasteiger partial charge is 0.492 e. The van der Waals surface area contributed by atoms with E-state index in [4.69, 9.17) is 4.65 Å². The van der Waals surface area contributed by atoms with Gasteiger partial charge in [0.05, 0.1) is 6.10 Å². The maximum Gasteiger partial charge on any atom is 0.492 e. The molecule has 0 radical (unpaired) electrons. The number of fused-ring (bicyclic) bond motifs is 1. The molecule has 1 aliphatic heterocycles. The lowest BCUT2D eigenvalue weighted by atomic mass is 9.79. The van der Waals surface area contributed by atoms with Gasteiger partial charge in [0.25, 0.3) is 0 Å². The van der Waals surface area contributed by atoms with E-state index in [1.165, 1.54) is 0 Å².